The minimum Gasteiger partial charge on any atom is -0.462 e. The highest BCUT2D eigenvalue weighted by molar-refractivity contribution is 5.92. The van der Waals surface area contributed by atoms with Crippen LogP contribution in [0.3, 0.4) is 0 Å². The summed E-state index contributed by atoms with van der Waals surface area (Å²) in [6.07, 6.45) is 3.41. The molecule has 0 aliphatic carbocycles. The van der Waals surface area contributed by atoms with Crippen LogP contribution in [0.2, 0.25) is 0 Å². The van der Waals surface area contributed by atoms with E-state index < -0.39 is 0 Å². The van der Waals surface area contributed by atoms with Gasteiger partial charge in [-0.05, 0) is 49.6 Å². The molecule has 1 aliphatic heterocycles. The van der Waals surface area contributed by atoms with Crippen LogP contribution in [-0.2, 0) is 9.47 Å². The highest BCUT2D eigenvalue weighted by Gasteiger charge is 2.08. The zero-order valence-corrected chi connectivity index (χ0v) is 12.6. The minimum atomic E-state index is -0.372. The number of esters is 1. The molecule has 2 amide bonds. The van der Waals surface area contributed by atoms with Crippen LogP contribution in [0, 0.1) is 0 Å². The molecule has 6 nitrogen and oxygen atoms in total. The maximum atomic E-state index is 11.8. The SMILES string of the molecule is CCOC(=O)c1ccc(NC(=O)NC=C2CCOCC2)cc1. The fourth-order valence-electron chi connectivity index (χ4n) is 2.02. The second-order valence-corrected chi connectivity index (χ2v) is 4.81. The summed E-state index contributed by atoms with van der Waals surface area (Å²) in [6, 6.07) is 6.23. The van der Waals surface area contributed by atoms with Crippen molar-refractivity contribution in [3.8, 4) is 0 Å². The summed E-state index contributed by atoms with van der Waals surface area (Å²) in [7, 11) is 0. The van der Waals surface area contributed by atoms with Crippen LogP contribution in [0.15, 0.2) is 36.0 Å². The Morgan fingerprint density at radius 3 is 2.55 bits per heavy atom. The number of amides is 2. The van der Waals surface area contributed by atoms with Crippen molar-refractivity contribution in [2.24, 2.45) is 0 Å². The maximum absolute atomic E-state index is 11.8. The van der Waals surface area contributed by atoms with Gasteiger partial charge in [0.25, 0.3) is 0 Å². The van der Waals surface area contributed by atoms with Crippen molar-refractivity contribution < 1.29 is 19.1 Å². The van der Waals surface area contributed by atoms with E-state index in [2.05, 4.69) is 10.6 Å². The van der Waals surface area contributed by atoms with Gasteiger partial charge in [0.1, 0.15) is 0 Å². The van der Waals surface area contributed by atoms with Crippen LogP contribution in [0.4, 0.5) is 10.5 Å². The lowest BCUT2D eigenvalue weighted by molar-refractivity contribution is 0.0526. The van der Waals surface area contributed by atoms with E-state index >= 15 is 0 Å². The molecule has 1 aliphatic rings. The van der Waals surface area contributed by atoms with E-state index in [1.54, 1.807) is 37.4 Å². The number of hydrogen-bond acceptors (Lipinski definition) is 4. The predicted molar refractivity (Wildman–Crippen MR) is 82.7 cm³/mol. The van der Waals surface area contributed by atoms with Crippen LogP contribution >= 0.6 is 0 Å². The van der Waals surface area contributed by atoms with Crippen molar-refractivity contribution in [1.82, 2.24) is 5.32 Å². The van der Waals surface area contributed by atoms with Gasteiger partial charge < -0.3 is 20.1 Å². The van der Waals surface area contributed by atoms with Gasteiger partial charge in [0, 0.05) is 11.9 Å². The Morgan fingerprint density at radius 2 is 1.91 bits per heavy atom. The molecule has 1 heterocycles. The maximum Gasteiger partial charge on any atom is 0.338 e. The molecule has 1 saturated heterocycles. The summed E-state index contributed by atoms with van der Waals surface area (Å²) in [4.78, 5) is 23.3. The van der Waals surface area contributed by atoms with Crippen molar-refractivity contribution in [1.29, 1.82) is 0 Å². The molecule has 1 fully saturated rings. The van der Waals surface area contributed by atoms with Gasteiger partial charge in [-0.25, -0.2) is 9.59 Å². The molecule has 0 bridgehead atoms. The van der Waals surface area contributed by atoms with E-state index in [-0.39, 0.29) is 12.0 Å². The third-order valence-corrected chi connectivity index (χ3v) is 3.20. The first-order valence-corrected chi connectivity index (χ1v) is 7.29. The van der Waals surface area contributed by atoms with Crippen LogP contribution in [0.5, 0.6) is 0 Å². The lowest BCUT2D eigenvalue weighted by Gasteiger charge is -2.14. The lowest BCUT2D eigenvalue weighted by Crippen LogP contribution is -2.25. The van der Waals surface area contributed by atoms with Crippen LogP contribution in [0.25, 0.3) is 0 Å². The van der Waals surface area contributed by atoms with Crippen molar-refractivity contribution in [3.63, 3.8) is 0 Å². The molecule has 0 unspecified atom stereocenters. The summed E-state index contributed by atoms with van der Waals surface area (Å²) in [6.45, 7) is 3.49. The van der Waals surface area contributed by atoms with E-state index in [1.807, 2.05) is 0 Å². The molecule has 2 N–H and O–H groups in total. The standard InChI is InChI=1S/C16H20N2O4/c1-2-22-15(19)13-3-5-14(6-4-13)18-16(20)17-11-12-7-9-21-10-8-12/h3-6,11H,2,7-10H2,1H3,(H2,17,18,20). The Hall–Kier alpha value is -2.34. The number of nitrogens with one attached hydrogen (secondary N) is 2. The third kappa shape index (κ3) is 4.89. The van der Waals surface area contributed by atoms with Gasteiger partial charge in [0.2, 0.25) is 0 Å². The molecule has 22 heavy (non-hydrogen) atoms. The summed E-state index contributed by atoms with van der Waals surface area (Å²) < 4.78 is 10.1. The smallest absolute Gasteiger partial charge is 0.338 e. The first-order valence-electron chi connectivity index (χ1n) is 7.29. The topological polar surface area (TPSA) is 76.7 Å². The monoisotopic (exact) mass is 304 g/mol. The summed E-state index contributed by atoms with van der Waals surface area (Å²) in [5.41, 5.74) is 2.23. The molecule has 2 rings (SSSR count). The van der Waals surface area contributed by atoms with Crippen LogP contribution < -0.4 is 10.6 Å². The van der Waals surface area contributed by atoms with Crippen molar-refractivity contribution >= 4 is 17.7 Å². The van der Waals surface area contributed by atoms with Gasteiger partial charge in [-0.3, -0.25) is 0 Å². The number of urea groups is 1. The number of ether oxygens (including phenoxy) is 2. The molecule has 0 saturated carbocycles. The zero-order valence-electron chi connectivity index (χ0n) is 12.6. The highest BCUT2D eigenvalue weighted by Crippen LogP contribution is 2.12. The number of rotatable bonds is 4. The van der Waals surface area contributed by atoms with Gasteiger partial charge in [-0.15, -0.1) is 0 Å². The van der Waals surface area contributed by atoms with Gasteiger partial charge >= 0.3 is 12.0 Å². The average molecular weight is 304 g/mol. The number of anilines is 1. The molecular weight excluding hydrogens is 284 g/mol. The molecule has 6 heteroatoms. The second kappa shape index (κ2) is 8.19. The summed E-state index contributed by atoms with van der Waals surface area (Å²) in [5, 5.41) is 5.40. The Morgan fingerprint density at radius 1 is 1.23 bits per heavy atom. The number of carbonyl (C=O) groups excluding carboxylic acids is 2. The van der Waals surface area contributed by atoms with E-state index in [4.69, 9.17) is 9.47 Å². The molecule has 0 aromatic heterocycles. The normalized spacial score (nSPS) is 14.1. The molecule has 118 valence electrons. The average Bonchev–Trinajstić information content (AvgIpc) is 2.55. The first kappa shape index (κ1) is 16.0. The third-order valence-electron chi connectivity index (χ3n) is 3.20. The summed E-state index contributed by atoms with van der Waals surface area (Å²) >= 11 is 0. The molecule has 0 radical (unpaired) electrons. The molecular formula is C16H20N2O4. The number of carbonyl (C=O) groups is 2. The lowest BCUT2D eigenvalue weighted by atomic mass is 10.1. The Labute approximate surface area is 129 Å². The number of hydrogen-bond donors (Lipinski definition) is 2. The Balaban J connectivity index is 1.84. The molecule has 1 aromatic carbocycles. The first-order chi connectivity index (χ1) is 10.7. The van der Waals surface area contributed by atoms with Crippen LogP contribution in [-0.4, -0.2) is 31.8 Å². The van der Waals surface area contributed by atoms with Gasteiger partial charge in [-0.1, -0.05) is 0 Å². The fourth-order valence-corrected chi connectivity index (χ4v) is 2.02. The highest BCUT2D eigenvalue weighted by atomic mass is 16.5. The quantitative estimate of drug-likeness (QED) is 0.838. The van der Waals surface area contributed by atoms with Crippen molar-refractivity contribution in [2.75, 3.05) is 25.1 Å². The predicted octanol–water partition coefficient (Wildman–Crippen LogP) is 2.68. The van der Waals surface area contributed by atoms with E-state index in [0.717, 1.165) is 12.8 Å². The largest absolute Gasteiger partial charge is 0.462 e. The second-order valence-electron chi connectivity index (χ2n) is 4.81. The van der Waals surface area contributed by atoms with Crippen molar-refractivity contribution in [2.45, 2.75) is 19.8 Å². The fraction of sp³-hybridized carbons (Fsp3) is 0.375. The Bertz CT molecular complexity index is 544. The van der Waals surface area contributed by atoms with E-state index in [9.17, 15) is 9.59 Å². The van der Waals surface area contributed by atoms with Gasteiger partial charge in [-0.2, -0.15) is 0 Å². The van der Waals surface area contributed by atoms with Gasteiger partial charge in [0.15, 0.2) is 0 Å². The molecule has 0 atom stereocenters. The van der Waals surface area contributed by atoms with E-state index in [0.29, 0.717) is 31.1 Å². The van der Waals surface area contributed by atoms with Gasteiger partial charge in [0.05, 0.1) is 25.4 Å². The Kier molecular flexibility index (Phi) is 5.97. The summed E-state index contributed by atoms with van der Waals surface area (Å²) in [5.74, 6) is -0.372. The van der Waals surface area contributed by atoms with Crippen molar-refractivity contribution in [3.05, 3.63) is 41.6 Å². The zero-order chi connectivity index (χ0) is 15.8. The molecule has 0 spiro atoms. The van der Waals surface area contributed by atoms with Crippen LogP contribution in [0.1, 0.15) is 30.1 Å². The van der Waals surface area contributed by atoms with E-state index in [1.165, 1.54) is 5.57 Å². The minimum absolute atomic E-state index is 0.317. The number of benzene rings is 1. The molecule has 1 aromatic rings.